The van der Waals surface area contributed by atoms with Crippen LogP contribution in [0.4, 0.5) is 9.18 Å². The highest BCUT2D eigenvalue weighted by Gasteiger charge is 2.30. The molecule has 1 saturated heterocycles. The molecule has 24 heavy (non-hydrogen) atoms. The Hall–Kier alpha value is -1.63. The molecule has 1 heterocycles. The minimum atomic E-state index is -0.566. The molecule has 132 valence electrons. The van der Waals surface area contributed by atoms with E-state index in [0.717, 1.165) is 6.42 Å². The maximum Gasteiger partial charge on any atom is 0.410 e. The largest absolute Gasteiger partial charge is 0.444 e. The number of carbonyl (C=O) groups excluding carboxylic acids is 2. The predicted octanol–water partition coefficient (Wildman–Crippen LogP) is 3.58. The summed E-state index contributed by atoms with van der Waals surface area (Å²) in [4.78, 5) is 25.7. The van der Waals surface area contributed by atoms with Crippen molar-refractivity contribution in [1.29, 1.82) is 0 Å². The SMILES string of the molecule is CC(C)(C)OC(=O)N1CC[C@@H](CNC(=O)c2ccc(Br)cc2F)C1. The summed E-state index contributed by atoms with van der Waals surface area (Å²) in [5, 5.41) is 2.74. The van der Waals surface area contributed by atoms with Crippen molar-refractivity contribution >= 4 is 27.9 Å². The van der Waals surface area contributed by atoms with Crippen molar-refractivity contribution in [2.24, 2.45) is 5.92 Å². The Morgan fingerprint density at radius 2 is 2.12 bits per heavy atom. The van der Waals surface area contributed by atoms with Crippen molar-refractivity contribution < 1.29 is 18.7 Å². The number of ether oxygens (including phenoxy) is 1. The monoisotopic (exact) mass is 400 g/mol. The van der Waals surface area contributed by atoms with Crippen LogP contribution in [0.25, 0.3) is 0 Å². The lowest BCUT2D eigenvalue weighted by molar-refractivity contribution is 0.0288. The lowest BCUT2D eigenvalue weighted by Gasteiger charge is -2.24. The van der Waals surface area contributed by atoms with Crippen molar-refractivity contribution in [3.8, 4) is 0 Å². The van der Waals surface area contributed by atoms with Gasteiger partial charge in [-0.15, -0.1) is 0 Å². The number of halogens is 2. The number of benzene rings is 1. The van der Waals surface area contributed by atoms with Crippen LogP contribution in [-0.4, -0.2) is 42.1 Å². The highest BCUT2D eigenvalue weighted by molar-refractivity contribution is 9.10. The van der Waals surface area contributed by atoms with E-state index in [0.29, 0.717) is 24.1 Å². The van der Waals surface area contributed by atoms with E-state index in [9.17, 15) is 14.0 Å². The fraction of sp³-hybridized carbons (Fsp3) is 0.529. The van der Waals surface area contributed by atoms with Crippen LogP contribution in [0.3, 0.4) is 0 Å². The van der Waals surface area contributed by atoms with Crippen molar-refractivity contribution in [3.63, 3.8) is 0 Å². The normalized spacial score (nSPS) is 17.7. The Kier molecular flexibility index (Phi) is 5.85. The fourth-order valence-electron chi connectivity index (χ4n) is 2.50. The van der Waals surface area contributed by atoms with Gasteiger partial charge in [-0.25, -0.2) is 9.18 Å². The molecule has 2 rings (SSSR count). The molecule has 1 N–H and O–H groups in total. The van der Waals surface area contributed by atoms with Crippen molar-refractivity contribution in [2.75, 3.05) is 19.6 Å². The van der Waals surface area contributed by atoms with Crippen LogP contribution < -0.4 is 5.32 Å². The topological polar surface area (TPSA) is 58.6 Å². The molecule has 0 aromatic heterocycles. The lowest BCUT2D eigenvalue weighted by Crippen LogP contribution is -2.36. The highest BCUT2D eigenvalue weighted by atomic mass is 79.9. The Morgan fingerprint density at radius 3 is 2.75 bits per heavy atom. The average Bonchev–Trinajstić information content (AvgIpc) is 2.92. The van der Waals surface area contributed by atoms with Crippen molar-refractivity contribution in [2.45, 2.75) is 32.8 Å². The molecule has 0 spiro atoms. The van der Waals surface area contributed by atoms with Gasteiger partial charge in [-0.2, -0.15) is 0 Å². The first kappa shape index (κ1) is 18.7. The molecule has 2 amide bonds. The summed E-state index contributed by atoms with van der Waals surface area (Å²) in [5.74, 6) is -0.876. The molecular formula is C17H22BrFN2O3. The molecule has 1 aromatic rings. The first-order chi connectivity index (χ1) is 11.2. The van der Waals surface area contributed by atoms with E-state index in [-0.39, 0.29) is 17.6 Å². The number of hydrogen-bond donors (Lipinski definition) is 1. The van der Waals surface area contributed by atoms with Gasteiger partial charge < -0.3 is 15.0 Å². The summed E-state index contributed by atoms with van der Waals surface area (Å²) < 4.78 is 19.7. The zero-order valence-electron chi connectivity index (χ0n) is 14.1. The van der Waals surface area contributed by atoms with Gasteiger partial charge in [-0.05, 0) is 51.3 Å². The molecule has 0 radical (unpaired) electrons. The first-order valence-corrected chi connectivity index (χ1v) is 8.66. The molecule has 1 aromatic carbocycles. The maximum absolute atomic E-state index is 13.8. The highest BCUT2D eigenvalue weighted by Crippen LogP contribution is 2.19. The fourth-order valence-corrected chi connectivity index (χ4v) is 2.83. The van der Waals surface area contributed by atoms with Crippen LogP contribution in [0.1, 0.15) is 37.6 Å². The van der Waals surface area contributed by atoms with E-state index < -0.39 is 17.3 Å². The summed E-state index contributed by atoms with van der Waals surface area (Å²) in [6.07, 6.45) is 0.442. The molecule has 1 atom stereocenters. The summed E-state index contributed by atoms with van der Waals surface area (Å²) in [6, 6.07) is 4.32. The zero-order chi connectivity index (χ0) is 17.9. The minimum absolute atomic E-state index is 0.0141. The number of rotatable bonds is 3. The van der Waals surface area contributed by atoms with Crippen LogP contribution in [-0.2, 0) is 4.74 Å². The average molecular weight is 401 g/mol. The van der Waals surface area contributed by atoms with E-state index in [2.05, 4.69) is 21.2 Å². The first-order valence-electron chi connectivity index (χ1n) is 7.87. The zero-order valence-corrected chi connectivity index (χ0v) is 15.7. The van der Waals surface area contributed by atoms with Crippen LogP contribution in [0.2, 0.25) is 0 Å². The number of nitrogens with zero attached hydrogens (tertiary/aromatic N) is 1. The Morgan fingerprint density at radius 1 is 1.42 bits per heavy atom. The standard InChI is InChI=1S/C17H22BrFN2O3/c1-17(2,3)24-16(23)21-7-6-11(10-21)9-20-15(22)13-5-4-12(18)8-14(13)19/h4-5,8,11H,6-7,9-10H2,1-3H3,(H,20,22)/t11-/m0/s1. The van der Waals surface area contributed by atoms with Crippen LogP contribution in [0.5, 0.6) is 0 Å². The quantitative estimate of drug-likeness (QED) is 0.843. The summed E-state index contributed by atoms with van der Waals surface area (Å²) >= 11 is 3.16. The maximum atomic E-state index is 13.8. The van der Waals surface area contributed by atoms with Gasteiger partial charge in [-0.3, -0.25) is 4.79 Å². The van der Waals surface area contributed by atoms with Gasteiger partial charge >= 0.3 is 6.09 Å². The minimum Gasteiger partial charge on any atom is -0.444 e. The number of likely N-dealkylation sites (tertiary alicyclic amines) is 1. The van der Waals surface area contributed by atoms with Crippen LogP contribution in [0, 0.1) is 11.7 Å². The van der Waals surface area contributed by atoms with Gasteiger partial charge in [0.15, 0.2) is 0 Å². The van der Waals surface area contributed by atoms with Gasteiger partial charge in [0, 0.05) is 24.1 Å². The van der Waals surface area contributed by atoms with E-state index >= 15 is 0 Å². The third-order valence-corrected chi connectivity index (χ3v) is 4.16. The third-order valence-electron chi connectivity index (χ3n) is 3.66. The second kappa shape index (κ2) is 7.51. The van der Waals surface area contributed by atoms with Crippen molar-refractivity contribution in [1.82, 2.24) is 10.2 Å². The lowest BCUT2D eigenvalue weighted by atomic mass is 10.1. The van der Waals surface area contributed by atoms with Gasteiger partial charge in [-0.1, -0.05) is 15.9 Å². The smallest absolute Gasteiger partial charge is 0.410 e. The molecule has 0 bridgehead atoms. The Labute approximate surface area is 149 Å². The molecule has 7 heteroatoms. The second-order valence-corrected chi connectivity index (χ2v) is 7.83. The van der Waals surface area contributed by atoms with E-state index in [1.165, 1.54) is 12.1 Å². The molecule has 0 unspecified atom stereocenters. The third kappa shape index (κ3) is 5.19. The molecular weight excluding hydrogens is 379 g/mol. The van der Waals surface area contributed by atoms with Crippen molar-refractivity contribution in [3.05, 3.63) is 34.1 Å². The molecule has 5 nitrogen and oxygen atoms in total. The summed E-state index contributed by atoms with van der Waals surface area (Å²) in [6.45, 7) is 7.00. The summed E-state index contributed by atoms with van der Waals surface area (Å²) in [7, 11) is 0. The molecule has 0 saturated carbocycles. The van der Waals surface area contributed by atoms with E-state index in [1.54, 1.807) is 11.0 Å². The number of hydrogen-bond acceptors (Lipinski definition) is 3. The van der Waals surface area contributed by atoms with Crippen LogP contribution >= 0.6 is 15.9 Å². The Balaban J connectivity index is 1.83. The van der Waals surface area contributed by atoms with Gasteiger partial charge in [0.05, 0.1) is 5.56 Å². The van der Waals surface area contributed by atoms with E-state index in [4.69, 9.17) is 4.74 Å². The summed E-state index contributed by atoms with van der Waals surface area (Å²) in [5.41, 5.74) is -0.511. The predicted molar refractivity (Wildman–Crippen MR) is 92.3 cm³/mol. The molecule has 0 aliphatic carbocycles. The molecule has 1 aliphatic rings. The van der Waals surface area contributed by atoms with Crippen LogP contribution in [0.15, 0.2) is 22.7 Å². The molecule has 1 fully saturated rings. The van der Waals surface area contributed by atoms with Gasteiger partial charge in [0.2, 0.25) is 0 Å². The number of nitrogens with one attached hydrogen (secondary N) is 1. The van der Waals surface area contributed by atoms with Gasteiger partial charge in [0.25, 0.3) is 5.91 Å². The van der Waals surface area contributed by atoms with E-state index in [1.807, 2.05) is 20.8 Å². The second-order valence-electron chi connectivity index (χ2n) is 6.92. The number of amides is 2. The molecule has 1 aliphatic heterocycles. The van der Waals surface area contributed by atoms with Gasteiger partial charge in [0.1, 0.15) is 11.4 Å². The number of carbonyl (C=O) groups is 2. The Bertz CT molecular complexity index is 631.